The summed E-state index contributed by atoms with van der Waals surface area (Å²) in [4.78, 5) is 8.26. The number of aliphatic imine (C=N–C) groups is 1. The molecule has 2 aromatic carbocycles. The van der Waals surface area contributed by atoms with Crippen molar-refractivity contribution < 1.29 is 4.74 Å². The molecule has 7 nitrogen and oxygen atoms in total. The minimum atomic E-state index is 0. The predicted molar refractivity (Wildman–Crippen MR) is 130 cm³/mol. The van der Waals surface area contributed by atoms with Crippen molar-refractivity contribution in [2.45, 2.75) is 20.1 Å². The molecule has 1 atom stereocenters. The molecule has 8 heteroatoms. The summed E-state index contributed by atoms with van der Waals surface area (Å²) in [7, 11) is 1.78. The summed E-state index contributed by atoms with van der Waals surface area (Å²) in [5.41, 5.74) is 3.34. The zero-order chi connectivity index (χ0) is 20.3. The third-order valence-electron chi connectivity index (χ3n) is 4.44. The molecule has 0 spiro atoms. The summed E-state index contributed by atoms with van der Waals surface area (Å²) in [6.45, 7) is 4.98. The summed E-state index contributed by atoms with van der Waals surface area (Å²) in [5.74, 6) is 1.15. The number of nitrogens with zero attached hydrogens (tertiary/aromatic N) is 4. The summed E-state index contributed by atoms with van der Waals surface area (Å²) < 4.78 is 7.54. The van der Waals surface area contributed by atoms with E-state index >= 15 is 0 Å². The fraction of sp³-hybridized carbons (Fsp3) is 0.318. The molecule has 0 aliphatic heterocycles. The van der Waals surface area contributed by atoms with Crippen LogP contribution in [0.5, 0.6) is 0 Å². The first-order chi connectivity index (χ1) is 14.2. The summed E-state index contributed by atoms with van der Waals surface area (Å²) in [6.07, 6.45) is 3.21. The molecule has 0 bridgehead atoms. The van der Waals surface area contributed by atoms with E-state index in [-0.39, 0.29) is 24.0 Å². The fourth-order valence-electron chi connectivity index (χ4n) is 2.80. The first kappa shape index (κ1) is 23.8. The molecular formula is C22H29IN6O. The topological polar surface area (TPSA) is 76.4 Å². The van der Waals surface area contributed by atoms with E-state index in [1.165, 1.54) is 11.9 Å². The van der Waals surface area contributed by atoms with Crippen LogP contribution in [0.1, 0.15) is 18.1 Å². The number of rotatable bonds is 9. The number of hydrogen-bond donors (Lipinski definition) is 2. The lowest BCUT2D eigenvalue weighted by Crippen LogP contribution is -2.39. The number of hydrogen-bond acceptors (Lipinski definition) is 4. The molecule has 0 fully saturated rings. The van der Waals surface area contributed by atoms with Gasteiger partial charge in [0.25, 0.3) is 0 Å². The number of aromatic nitrogens is 3. The molecule has 1 aromatic heterocycles. The van der Waals surface area contributed by atoms with Crippen LogP contribution in [0.4, 0.5) is 0 Å². The van der Waals surface area contributed by atoms with E-state index in [1.807, 2.05) is 30.3 Å². The van der Waals surface area contributed by atoms with E-state index in [0.717, 1.165) is 23.8 Å². The van der Waals surface area contributed by atoms with Gasteiger partial charge in [-0.2, -0.15) is 5.10 Å². The van der Waals surface area contributed by atoms with Gasteiger partial charge in [0, 0.05) is 20.1 Å². The molecule has 0 amide bonds. The van der Waals surface area contributed by atoms with Crippen LogP contribution >= 0.6 is 24.0 Å². The molecule has 30 heavy (non-hydrogen) atoms. The average molecular weight is 520 g/mol. The van der Waals surface area contributed by atoms with Crippen LogP contribution in [0.3, 0.4) is 0 Å². The number of benzene rings is 2. The van der Waals surface area contributed by atoms with Crippen molar-refractivity contribution >= 4 is 29.9 Å². The summed E-state index contributed by atoms with van der Waals surface area (Å²) in [6, 6.07) is 18.4. The van der Waals surface area contributed by atoms with E-state index < -0.39 is 0 Å². The standard InChI is InChI=1S/C22H28N6O.HI/c1-18(14-29-15-20-6-4-3-5-7-20)12-25-22(23-2)26-13-19-8-10-21(11-9-19)28-17-24-16-27-28;/h3-11,16-18H,12-15H2,1-2H3,(H2,23,25,26);1H. The normalized spacial score (nSPS) is 12.1. The Morgan fingerprint density at radius 1 is 1.07 bits per heavy atom. The monoisotopic (exact) mass is 520 g/mol. The molecule has 1 unspecified atom stereocenters. The number of guanidine groups is 1. The van der Waals surface area contributed by atoms with Crippen molar-refractivity contribution in [3.05, 3.63) is 78.4 Å². The third kappa shape index (κ3) is 7.75. The fourth-order valence-corrected chi connectivity index (χ4v) is 2.80. The lowest BCUT2D eigenvalue weighted by molar-refractivity contribution is 0.0931. The molecule has 0 radical (unpaired) electrons. The molecule has 1 heterocycles. The lowest BCUT2D eigenvalue weighted by Gasteiger charge is -2.16. The van der Waals surface area contributed by atoms with Gasteiger partial charge in [-0.05, 0) is 29.2 Å². The molecule has 0 saturated carbocycles. The van der Waals surface area contributed by atoms with Gasteiger partial charge in [0.15, 0.2) is 5.96 Å². The Labute approximate surface area is 195 Å². The van der Waals surface area contributed by atoms with Crippen LogP contribution in [-0.2, 0) is 17.9 Å². The number of ether oxygens (including phenoxy) is 1. The SMILES string of the molecule is CN=C(NCc1ccc(-n2cncn2)cc1)NCC(C)COCc1ccccc1.I. The van der Waals surface area contributed by atoms with E-state index in [1.54, 1.807) is 18.1 Å². The summed E-state index contributed by atoms with van der Waals surface area (Å²) >= 11 is 0. The number of nitrogens with one attached hydrogen (secondary N) is 2. The van der Waals surface area contributed by atoms with E-state index in [4.69, 9.17) is 4.74 Å². The maximum absolute atomic E-state index is 5.81. The molecular weight excluding hydrogens is 491 g/mol. The van der Waals surface area contributed by atoms with Crippen LogP contribution in [-0.4, -0.2) is 40.9 Å². The van der Waals surface area contributed by atoms with Gasteiger partial charge in [-0.1, -0.05) is 49.4 Å². The molecule has 0 aliphatic carbocycles. The van der Waals surface area contributed by atoms with Crippen molar-refractivity contribution in [1.82, 2.24) is 25.4 Å². The lowest BCUT2D eigenvalue weighted by atomic mass is 10.2. The second-order valence-corrected chi connectivity index (χ2v) is 6.92. The Hall–Kier alpha value is -2.46. The van der Waals surface area contributed by atoms with Gasteiger partial charge in [-0.3, -0.25) is 4.99 Å². The van der Waals surface area contributed by atoms with Crippen molar-refractivity contribution in [2.24, 2.45) is 10.9 Å². The Balaban J connectivity index is 0.00000320. The van der Waals surface area contributed by atoms with Crippen LogP contribution in [0.2, 0.25) is 0 Å². The van der Waals surface area contributed by atoms with Crippen molar-refractivity contribution in [3.8, 4) is 5.69 Å². The zero-order valence-electron chi connectivity index (χ0n) is 17.4. The molecule has 2 N–H and O–H groups in total. The highest BCUT2D eigenvalue weighted by molar-refractivity contribution is 14.0. The smallest absolute Gasteiger partial charge is 0.191 e. The van der Waals surface area contributed by atoms with Gasteiger partial charge in [0.1, 0.15) is 12.7 Å². The van der Waals surface area contributed by atoms with Crippen LogP contribution in [0, 0.1) is 5.92 Å². The van der Waals surface area contributed by atoms with Gasteiger partial charge in [0.05, 0.1) is 18.9 Å². The van der Waals surface area contributed by atoms with Crippen molar-refractivity contribution in [1.29, 1.82) is 0 Å². The van der Waals surface area contributed by atoms with Crippen LogP contribution in [0.25, 0.3) is 5.69 Å². The first-order valence-corrected chi connectivity index (χ1v) is 9.74. The largest absolute Gasteiger partial charge is 0.376 e. The molecule has 3 rings (SSSR count). The Bertz CT molecular complexity index is 868. The van der Waals surface area contributed by atoms with Gasteiger partial charge >= 0.3 is 0 Å². The predicted octanol–water partition coefficient (Wildman–Crippen LogP) is 3.40. The van der Waals surface area contributed by atoms with Crippen LogP contribution in [0.15, 0.2) is 72.2 Å². The van der Waals surface area contributed by atoms with Crippen molar-refractivity contribution in [3.63, 3.8) is 0 Å². The van der Waals surface area contributed by atoms with Gasteiger partial charge in [-0.15, -0.1) is 24.0 Å². The average Bonchev–Trinajstić information content (AvgIpc) is 3.30. The highest BCUT2D eigenvalue weighted by Crippen LogP contribution is 2.08. The Morgan fingerprint density at radius 3 is 2.50 bits per heavy atom. The summed E-state index contributed by atoms with van der Waals surface area (Å²) in [5, 5.41) is 10.8. The maximum atomic E-state index is 5.81. The zero-order valence-corrected chi connectivity index (χ0v) is 19.7. The third-order valence-corrected chi connectivity index (χ3v) is 4.44. The molecule has 160 valence electrons. The van der Waals surface area contributed by atoms with Gasteiger partial charge < -0.3 is 15.4 Å². The highest BCUT2D eigenvalue weighted by Gasteiger charge is 2.05. The molecule has 3 aromatic rings. The minimum absolute atomic E-state index is 0. The minimum Gasteiger partial charge on any atom is -0.376 e. The quantitative estimate of drug-likeness (QED) is 0.257. The van der Waals surface area contributed by atoms with E-state index in [0.29, 0.717) is 25.7 Å². The van der Waals surface area contributed by atoms with Gasteiger partial charge in [0.2, 0.25) is 0 Å². The van der Waals surface area contributed by atoms with E-state index in [9.17, 15) is 0 Å². The maximum Gasteiger partial charge on any atom is 0.191 e. The van der Waals surface area contributed by atoms with Crippen LogP contribution < -0.4 is 10.6 Å². The van der Waals surface area contributed by atoms with E-state index in [2.05, 4.69) is 56.9 Å². The van der Waals surface area contributed by atoms with Crippen molar-refractivity contribution in [2.75, 3.05) is 20.2 Å². The highest BCUT2D eigenvalue weighted by atomic mass is 127. The number of halogens is 1. The second-order valence-electron chi connectivity index (χ2n) is 6.92. The second kappa shape index (κ2) is 13.0. The first-order valence-electron chi connectivity index (χ1n) is 9.74. The van der Waals surface area contributed by atoms with Gasteiger partial charge in [-0.25, -0.2) is 9.67 Å². The molecule has 0 aliphatic rings. The Kier molecular flexibility index (Phi) is 10.3. The molecule has 0 saturated heterocycles. The Morgan fingerprint density at radius 2 is 1.83 bits per heavy atom.